The van der Waals surface area contributed by atoms with Crippen molar-refractivity contribution < 1.29 is 80.9 Å². The third-order valence-corrected chi connectivity index (χ3v) is 27.2. The number of aliphatic hydroxyl groups excluding tert-OH is 1. The third-order valence-electron chi connectivity index (χ3n) is 23.5. The molecule has 24 heteroatoms. The molecular weight excluding hydrogens is 1720 g/mol. The average Bonchev–Trinajstić information content (AvgIpc) is 1.43. The highest BCUT2D eigenvalue weighted by Gasteiger charge is 2.29. The number of carboxylic acid groups (broad SMARTS) is 4. The van der Waals surface area contributed by atoms with Gasteiger partial charge in [0.25, 0.3) is 0 Å². The number of carbonyl (C=O) groups is 4. The van der Waals surface area contributed by atoms with Crippen molar-refractivity contribution in [2.45, 2.75) is 106 Å². The van der Waals surface area contributed by atoms with Gasteiger partial charge < -0.3 is 53.3 Å². The first-order chi connectivity index (χ1) is 63.3. The van der Waals surface area contributed by atoms with E-state index in [-0.39, 0.29) is 52.6 Å². The first-order valence-corrected chi connectivity index (χ1v) is 46.1. The molecule has 19 rings (SSSR count). The molecule has 0 fully saturated rings. The van der Waals surface area contributed by atoms with Crippen LogP contribution < -0.4 is 18.9 Å². The van der Waals surface area contributed by atoms with E-state index in [0.717, 1.165) is 91.8 Å². The van der Waals surface area contributed by atoms with Crippen molar-refractivity contribution in [1.29, 1.82) is 0 Å². The van der Waals surface area contributed by atoms with E-state index >= 15 is 0 Å². The van der Waals surface area contributed by atoms with E-state index in [9.17, 15) is 48.0 Å². The summed E-state index contributed by atoms with van der Waals surface area (Å²) in [5.74, 6) is -1.35. The van der Waals surface area contributed by atoms with Gasteiger partial charge in [-0.2, -0.15) is 0 Å². The Balaban J connectivity index is 0.000000129. The lowest BCUT2D eigenvalue weighted by Gasteiger charge is -2.19. The molecule has 11 aromatic carbocycles. The molecule has 0 aliphatic rings. The highest BCUT2D eigenvalue weighted by molar-refractivity contribution is 7.90. The van der Waals surface area contributed by atoms with Crippen molar-refractivity contribution in [3.63, 3.8) is 0 Å². The summed E-state index contributed by atoms with van der Waals surface area (Å²) in [4.78, 5) is 70.8. The number of aromatic nitrogens is 4. The Hall–Kier alpha value is -15.0. The minimum absolute atomic E-state index is 0.0539. The highest BCUT2D eigenvalue weighted by Crippen LogP contribution is 2.46. The van der Waals surface area contributed by atoms with Crippen molar-refractivity contribution in [2.24, 2.45) is 0 Å². The fourth-order valence-electron chi connectivity index (χ4n) is 16.3. The predicted octanol–water partition coefficient (Wildman–Crippen LogP) is 26.3. The zero-order valence-electron chi connectivity index (χ0n) is 74.5. The number of ether oxygens (including phenoxy) is 4. The van der Waals surface area contributed by atoms with Crippen LogP contribution in [0.3, 0.4) is 0 Å². The number of rotatable bonds is 21. The number of benzene rings is 11. The number of sulfone groups is 1. The molecule has 0 spiro atoms. The van der Waals surface area contributed by atoms with Crippen molar-refractivity contribution in [3.8, 4) is 67.0 Å². The summed E-state index contributed by atoms with van der Waals surface area (Å²) in [5, 5.41) is 55.4. The molecule has 0 saturated heterocycles. The Morgan fingerprint density at radius 3 is 1.12 bits per heavy atom. The van der Waals surface area contributed by atoms with E-state index in [0.29, 0.717) is 112 Å². The lowest BCUT2D eigenvalue weighted by atomic mass is 10.0. The summed E-state index contributed by atoms with van der Waals surface area (Å²) < 4.78 is 62.2. The quantitative estimate of drug-likeness (QED) is 0.0446. The van der Waals surface area contributed by atoms with Crippen LogP contribution in [0, 0.1) is 62.3 Å². The van der Waals surface area contributed by atoms with Crippen LogP contribution >= 0.6 is 22.7 Å². The van der Waals surface area contributed by atoms with Crippen LogP contribution in [0.25, 0.3) is 130 Å². The van der Waals surface area contributed by atoms with Crippen molar-refractivity contribution in [3.05, 3.63) is 338 Å². The first kappa shape index (κ1) is 90.4. The van der Waals surface area contributed by atoms with Crippen LogP contribution in [0.4, 0.5) is 0 Å². The molecule has 0 amide bonds. The van der Waals surface area contributed by atoms with Gasteiger partial charge in [-0.1, -0.05) is 169 Å². The monoisotopic (exact) mass is 1810 g/mol. The second-order valence-electron chi connectivity index (χ2n) is 32.7. The fourth-order valence-corrected chi connectivity index (χ4v) is 19.3. The maximum absolute atomic E-state index is 12.4. The van der Waals surface area contributed by atoms with Crippen LogP contribution in [-0.2, 0) is 9.84 Å². The molecule has 5 N–H and O–H groups in total. The van der Waals surface area contributed by atoms with Crippen molar-refractivity contribution >= 4 is 142 Å². The van der Waals surface area contributed by atoms with Crippen LogP contribution in [0.1, 0.15) is 147 Å². The molecule has 8 heterocycles. The lowest BCUT2D eigenvalue weighted by Crippen LogP contribution is -2.07. The zero-order chi connectivity index (χ0) is 93.4. The smallest absolute Gasteiger partial charge is 0.336 e. The molecule has 8 aromatic heterocycles. The van der Waals surface area contributed by atoms with Gasteiger partial charge in [0.05, 0.1) is 98.5 Å². The molecule has 0 aliphatic heterocycles. The second kappa shape index (κ2) is 37.6. The summed E-state index contributed by atoms with van der Waals surface area (Å²) in [6, 6.07) is 77.3. The molecule has 21 nitrogen and oxygen atoms in total. The minimum atomic E-state index is -3.31. The van der Waals surface area contributed by atoms with Gasteiger partial charge in [-0.15, -0.1) is 22.7 Å². The Morgan fingerprint density at radius 1 is 0.379 bits per heavy atom. The van der Waals surface area contributed by atoms with Crippen LogP contribution in [0.5, 0.6) is 23.0 Å². The molecule has 0 bridgehead atoms. The molecule has 0 saturated carbocycles. The number of hydrogen-bond acceptors (Lipinski definition) is 19. The minimum Gasteiger partial charge on any atom is -0.490 e. The molecule has 0 aliphatic carbocycles. The van der Waals surface area contributed by atoms with Crippen molar-refractivity contribution in [1.82, 2.24) is 19.9 Å². The Bertz CT molecular complexity index is 7620. The average molecular weight is 1810 g/mol. The number of furan rings is 2. The van der Waals surface area contributed by atoms with Crippen LogP contribution in [0.2, 0.25) is 0 Å². The van der Waals surface area contributed by atoms with Gasteiger partial charge in [0.15, 0.2) is 21.4 Å². The molecule has 0 unspecified atom stereocenters. The van der Waals surface area contributed by atoms with Crippen molar-refractivity contribution in [2.75, 3.05) is 19.5 Å². The number of aliphatic hydroxyl groups is 1. The molecule has 664 valence electrons. The van der Waals surface area contributed by atoms with Gasteiger partial charge in [-0.25, -0.2) is 47.5 Å². The third kappa shape index (κ3) is 18.4. The number of carboxylic acids is 4. The topological polar surface area (TPSA) is 318 Å². The van der Waals surface area contributed by atoms with E-state index in [1.807, 2.05) is 233 Å². The molecular formula is C108H92N4O17S3. The van der Waals surface area contributed by atoms with Gasteiger partial charge >= 0.3 is 23.9 Å². The van der Waals surface area contributed by atoms with Gasteiger partial charge in [0.1, 0.15) is 70.5 Å². The van der Waals surface area contributed by atoms with E-state index in [1.54, 1.807) is 59.1 Å². The standard InChI is InChI=1S/C29H25NO6S.2C29H25NO3S.C21H17NO5/c1-16-9-14-25(35-18(3)19-10-12-20(13-11-19)37(4,33)34)26-22(29(31)32)15-23(30-27(16)26)28-17(2)21-7-5-6-8-24(21)36-28;2*1-16-9-12-20(13-10-16)19(4)33-24-14-11-17(2)27-26(24)22(29(31)32)15-23(30-27)28-18(3)21-7-5-6-8-25(21)34-28;1-12-6-7-17(26-9-8-23)19-14(21(24)25)11-15(22-20(12)19)18-10-13-4-2-3-5-16(13)27-18/h5-15,18H,1-4H3,(H,31,32);2*5-15,19H,1-4H3,(H,31,32);2-7,10-11,23H,8-9H2,1H3,(H,24,25)/t18-;2*19-;/m110./s1. The molecule has 0 radical (unpaired) electrons. The van der Waals surface area contributed by atoms with E-state index in [1.165, 1.54) is 46.2 Å². The van der Waals surface area contributed by atoms with E-state index in [4.69, 9.17) is 47.8 Å². The van der Waals surface area contributed by atoms with Gasteiger partial charge in [0, 0.05) is 32.0 Å². The summed E-state index contributed by atoms with van der Waals surface area (Å²) in [6.07, 6.45) is 0.204. The summed E-state index contributed by atoms with van der Waals surface area (Å²) in [5.41, 5.74) is 18.2. The number of fused-ring (bicyclic) bond motifs is 8. The maximum Gasteiger partial charge on any atom is 0.336 e. The summed E-state index contributed by atoms with van der Waals surface area (Å²) in [6.45, 7) is 23.5. The van der Waals surface area contributed by atoms with Gasteiger partial charge in [-0.3, -0.25) is 0 Å². The number of aryl methyl sites for hydroxylation is 9. The number of nitrogens with zero attached hydrogens (tertiary/aromatic N) is 4. The molecule has 132 heavy (non-hydrogen) atoms. The Kier molecular flexibility index (Phi) is 25.8. The zero-order valence-corrected chi connectivity index (χ0v) is 76.9. The van der Waals surface area contributed by atoms with E-state index in [2.05, 4.69) is 43.1 Å². The SMILES string of the molecule is Cc1c(-c2cc(C(=O)O)c3c(O[C@H](C)c4ccc(S(C)(=O)=O)cc4)ccc(C)c3n2)oc2ccccc12.Cc1ccc(OCCO)c2c(C(=O)O)cc(-c3cc4ccccc4o3)nc12.Cc1ccc([C@@H](C)Oc2ccc(C)c3nc(-c4sc5ccccc5c4C)cc(C(=O)O)c23)cc1.Cc1ccc([C@H](C)Oc2ccc(C)c3nc(-c4sc5ccccc5c4C)cc(C(=O)O)c23)cc1. The Morgan fingerprint density at radius 2 is 0.727 bits per heavy atom. The lowest BCUT2D eigenvalue weighted by molar-refractivity contribution is 0.0688. The molecule has 3 atom stereocenters. The largest absolute Gasteiger partial charge is 0.490 e. The van der Waals surface area contributed by atoms with Gasteiger partial charge in [0.2, 0.25) is 0 Å². The number of thiophene rings is 2. The first-order valence-electron chi connectivity index (χ1n) is 42.6. The summed E-state index contributed by atoms with van der Waals surface area (Å²) >= 11 is 3.28. The number of pyridine rings is 4. The van der Waals surface area contributed by atoms with Crippen LogP contribution in [-0.4, -0.2) is 97.2 Å². The normalized spacial score (nSPS) is 12.1. The second-order valence-corrected chi connectivity index (χ2v) is 36.8. The summed E-state index contributed by atoms with van der Waals surface area (Å²) in [7, 11) is -3.31. The number of hydrogen-bond donors (Lipinski definition) is 5. The number of para-hydroxylation sites is 2. The number of aromatic carboxylic acids is 4. The van der Waals surface area contributed by atoms with Gasteiger partial charge in [-0.05, 0) is 235 Å². The Labute approximate surface area is 768 Å². The van der Waals surface area contributed by atoms with E-state index < -0.39 is 39.8 Å². The van der Waals surface area contributed by atoms with Crippen LogP contribution in [0.15, 0.2) is 262 Å². The fraction of sp³-hybridized carbons (Fsp3) is 0.167. The highest BCUT2D eigenvalue weighted by atomic mass is 32.2. The molecule has 19 aromatic rings. The maximum atomic E-state index is 12.4. The predicted molar refractivity (Wildman–Crippen MR) is 522 cm³/mol.